The molecular weight excluding hydrogens is 238 g/mol. The number of imide groups is 1. The molecule has 0 aromatic heterocycles. The lowest BCUT2D eigenvalue weighted by atomic mass is 9.94. The highest BCUT2D eigenvalue weighted by molar-refractivity contribution is 6.16. The molecule has 5 N–H and O–H groups in total. The third-order valence-corrected chi connectivity index (χ3v) is 2.60. The molecule has 0 spiro atoms. The lowest BCUT2D eigenvalue weighted by molar-refractivity contribution is -0.121. The van der Waals surface area contributed by atoms with Gasteiger partial charge in [-0.25, -0.2) is 15.0 Å². The van der Waals surface area contributed by atoms with Gasteiger partial charge in [-0.15, -0.1) is 0 Å². The highest BCUT2D eigenvalue weighted by Gasteiger charge is 2.44. The second-order valence-corrected chi connectivity index (χ2v) is 4.07. The minimum atomic E-state index is -1.20. The van der Waals surface area contributed by atoms with Gasteiger partial charge in [0.15, 0.2) is 5.54 Å². The number of carbonyl (C=O) groups excluding carboxylic acids is 3. The van der Waals surface area contributed by atoms with E-state index in [1.807, 2.05) is 12.3 Å². The molecule has 18 heavy (non-hydrogen) atoms. The van der Waals surface area contributed by atoms with Crippen molar-refractivity contribution in [3.8, 4) is 0 Å². The molecule has 1 aliphatic rings. The predicted molar refractivity (Wildman–Crippen MR) is 64.8 cm³/mol. The monoisotopic (exact) mass is 255 g/mol. The van der Waals surface area contributed by atoms with Gasteiger partial charge in [-0.3, -0.25) is 10.1 Å². The molecular formula is C10H17N5O3. The normalized spacial score (nSPS) is 22.9. The van der Waals surface area contributed by atoms with Crippen LogP contribution in [0.4, 0.5) is 9.59 Å². The molecule has 0 aromatic rings. The predicted octanol–water partition coefficient (Wildman–Crippen LogP) is -0.201. The Bertz CT molecular complexity index is 382. The molecule has 8 heteroatoms. The van der Waals surface area contributed by atoms with Crippen LogP contribution in [-0.2, 0) is 4.79 Å². The van der Waals surface area contributed by atoms with Crippen LogP contribution in [0.15, 0.2) is 5.10 Å². The summed E-state index contributed by atoms with van der Waals surface area (Å²) < 4.78 is 0. The standard InChI is InChI=1S/C10H17N5O3/c1-2-3-4-5-10(6-12-15-8(11)17)7(16)13-9(18)14-10/h6H,2-5H2,1H3,(H3,11,15,17)(H2,13,14,16,18)/b12-6+. The Kier molecular flexibility index (Phi) is 4.64. The molecule has 1 atom stereocenters. The Labute approximate surface area is 104 Å². The first-order chi connectivity index (χ1) is 8.50. The van der Waals surface area contributed by atoms with E-state index in [0.29, 0.717) is 6.42 Å². The van der Waals surface area contributed by atoms with E-state index in [1.165, 1.54) is 6.21 Å². The summed E-state index contributed by atoms with van der Waals surface area (Å²) in [5, 5.41) is 8.22. The number of carbonyl (C=O) groups is 3. The Morgan fingerprint density at radius 2 is 2.22 bits per heavy atom. The minimum Gasteiger partial charge on any atom is -0.350 e. The van der Waals surface area contributed by atoms with Crippen LogP contribution in [0, 0.1) is 0 Å². The Hall–Kier alpha value is -2.12. The largest absolute Gasteiger partial charge is 0.350 e. The summed E-state index contributed by atoms with van der Waals surface area (Å²) in [6.07, 6.45) is 4.30. The lowest BCUT2D eigenvalue weighted by Crippen LogP contribution is -2.49. The minimum absolute atomic E-state index is 0.419. The molecule has 100 valence electrons. The molecule has 0 saturated carbocycles. The molecule has 1 saturated heterocycles. The number of rotatable bonds is 6. The van der Waals surface area contributed by atoms with Crippen LogP contribution < -0.4 is 21.8 Å². The first kappa shape index (κ1) is 13.9. The number of nitrogens with one attached hydrogen (secondary N) is 3. The summed E-state index contributed by atoms with van der Waals surface area (Å²) in [5.74, 6) is -0.473. The summed E-state index contributed by atoms with van der Waals surface area (Å²) in [5.41, 5.74) is 5.65. The van der Waals surface area contributed by atoms with E-state index >= 15 is 0 Å². The molecule has 5 amide bonds. The summed E-state index contributed by atoms with van der Waals surface area (Å²) >= 11 is 0. The van der Waals surface area contributed by atoms with Crippen LogP contribution in [0.1, 0.15) is 32.6 Å². The van der Waals surface area contributed by atoms with Crippen LogP contribution in [0.2, 0.25) is 0 Å². The zero-order chi connectivity index (χ0) is 13.6. The molecule has 1 heterocycles. The van der Waals surface area contributed by atoms with Gasteiger partial charge in [-0.1, -0.05) is 26.2 Å². The van der Waals surface area contributed by atoms with Gasteiger partial charge in [0.1, 0.15) is 0 Å². The van der Waals surface area contributed by atoms with Crippen molar-refractivity contribution in [2.24, 2.45) is 10.8 Å². The van der Waals surface area contributed by atoms with Gasteiger partial charge in [0.25, 0.3) is 5.91 Å². The van der Waals surface area contributed by atoms with Crippen molar-refractivity contribution in [1.29, 1.82) is 0 Å². The second-order valence-electron chi connectivity index (χ2n) is 4.07. The molecule has 0 bridgehead atoms. The van der Waals surface area contributed by atoms with Gasteiger partial charge in [0, 0.05) is 0 Å². The van der Waals surface area contributed by atoms with Crippen molar-refractivity contribution in [2.75, 3.05) is 0 Å². The Balaban J connectivity index is 2.74. The maximum absolute atomic E-state index is 11.7. The van der Waals surface area contributed by atoms with Crippen LogP contribution in [-0.4, -0.2) is 29.7 Å². The number of amides is 5. The number of nitrogens with zero attached hydrogens (tertiary/aromatic N) is 1. The van der Waals surface area contributed by atoms with E-state index in [0.717, 1.165) is 19.3 Å². The first-order valence-corrected chi connectivity index (χ1v) is 5.73. The number of urea groups is 2. The van der Waals surface area contributed by atoms with Gasteiger partial charge in [0.2, 0.25) is 0 Å². The number of primary amides is 1. The van der Waals surface area contributed by atoms with Gasteiger partial charge in [-0.2, -0.15) is 5.10 Å². The molecule has 0 aliphatic carbocycles. The van der Waals surface area contributed by atoms with Crippen molar-refractivity contribution in [2.45, 2.75) is 38.1 Å². The molecule has 8 nitrogen and oxygen atoms in total. The van der Waals surface area contributed by atoms with Gasteiger partial charge in [0.05, 0.1) is 6.21 Å². The summed E-state index contributed by atoms with van der Waals surface area (Å²) in [7, 11) is 0. The van der Waals surface area contributed by atoms with Gasteiger partial charge >= 0.3 is 12.1 Å². The molecule has 1 rings (SSSR count). The van der Waals surface area contributed by atoms with E-state index in [2.05, 4.69) is 15.7 Å². The SMILES string of the molecule is CCCCCC1(/C=N/NC(N)=O)NC(=O)NC1=O. The average Bonchev–Trinajstić information content (AvgIpc) is 2.54. The quantitative estimate of drug-likeness (QED) is 0.227. The highest BCUT2D eigenvalue weighted by atomic mass is 16.2. The van der Waals surface area contributed by atoms with Crippen molar-refractivity contribution in [1.82, 2.24) is 16.1 Å². The molecule has 0 aromatic carbocycles. The first-order valence-electron chi connectivity index (χ1n) is 5.73. The number of nitrogens with two attached hydrogens (primary N) is 1. The van der Waals surface area contributed by atoms with Crippen LogP contribution in [0.5, 0.6) is 0 Å². The molecule has 1 fully saturated rings. The van der Waals surface area contributed by atoms with Crippen LogP contribution in [0.25, 0.3) is 0 Å². The Morgan fingerprint density at radius 3 is 2.72 bits per heavy atom. The zero-order valence-electron chi connectivity index (χ0n) is 10.2. The fraction of sp³-hybridized carbons (Fsp3) is 0.600. The van der Waals surface area contributed by atoms with E-state index in [1.54, 1.807) is 0 Å². The van der Waals surface area contributed by atoms with Gasteiger partial charge < -0.3 is 11.1 Å². The van der Waals surface area contributed by atoms with Crippen molar-refractivity contribution < 1.29 is 14.4 Å². The average molecular weight is 255 g/mol. The van der Waals surface area contributed by atoms with Crippen LogP contribution in [0.3, 0.4) is 0 Å². The summed E-state index contributed by atoms with van der Waals surface area (Å²) in [6, 6.07) is -1.40. The summed E-state index contributed by atoms with van der Waals surface area (Å²) in [6.45, 7) is 2.03. The third-order valence-electron chi connectivity index (χ3n) is 2.60. The lowest BCUT2D eigenvalue weighted by Gasteiger charge is -2.20. The number of hydrogen-bond acceptors (Lipinski definition) is 4. The Morgan fingerprint density at radius 1 is 1.50 bits per heavy atom. The smallest absolute Gasteiger partial charge is 0.332 e. The highest BCUT2D eigenvalue weighted by Crippen LogP contribution is 2.17. The van der Waals surface area contributed by atoms with E-state index in [4.69, 9.17) is 5.73 Å². The molecule has 1 aliphatic heterocycles. The zero-order valence-corrected chi connectivity index (χ0v) is 10.2. The van der Waals surface area contributed by atoms with E-state index < -0.39 is 23.5 Å². The molecule has 0 radical (unpaired) electrons. The fourth-order valence-electron chi connectivity index (χ4n) is 1.70. The fourth-order valence-corrected chi connectivity index (χ4v) is 1.70. The van der Waals surface area contributed by atoms with Crippen molar-refractivity contribution >= 4 is 24.2 Å². The number of hydrazone groups is 1. The van der Waals surface area contributed by atoms with E-state index in [9.17, 15) is 14.4 Å². The van der Waals surface area contributed by atoms with E-state index in [-0.39, 0.29) is 0 Å². The maximum atomic E-state index is 11.7. The number of unbranched alkanes of at least 4 members (excludes halogenated alkanes) is 2. The molecule has 1 unspecified atom stereocenters. The van der Waals surface area contributed by atoms with Crippen molar-refractivity contribution in [3.63, 3.8) is 0 Å². The number of hydrogen-bond donors (Lipinski definition) is 4. The van der Waals surface area contributed by atoms with Gasteiger partial charge in [-0.05, 0) is 6.42 Å². The van der Waals surface area contributed by atoms with Crippen molar-refractivity contribution in [3.05, 3.63) is 0 Å². The topological polar surface area (TPSA) is 126 Å². The third kappa shape index (κ3) is 3.44. The van der Waals surface area contributed by atoms with Crippen LogP contribution >= 0.6 is 0 Å². The maximum Gasteiger partial charge on any atom is 0.332 e. The second kappa shape index (κ2) is 5.99. The summed E-state index contributed by atoms with van der Waals surface area (Å²) in [4.78, 5) is 33.4.